The van der Waals surface area contributed by atoms with Crippen molar-refractivity contribution in [1.29, 1.82) is 0 Å². The molecule has 0 saturated heterocycles. The first kappa shape index (κ1) is 13.8. The van der Waals surface area contributed by atoms with Gasteiger partial charge < -0.3 is 9.84 Å². The minimum atomic E-state index is -0.166. The Balaban J connectivity index is 1.85. The number of benzene rings is 1. The fraction of sp³-hybridized carbons (Fsp3) is 0.250. The average Bonchev–Trinajstić information content (AvgIpc) is 3.03. The minimum Gasteiger partial charge on any atom is -0.359 e. The highest BCUT2D eigenvalue weighted by atomic mass is 32.1. The Bertz CT molecular complexity index is 796. The second-order valence-electron chi connectivity index (χ2n) is 5.93. The molecule has 21 heavy (non-hydrogen) atoms. The third-order valence-electron chi connectivity index (χ3n) is 3.22. The molecule has 0 saturated carbocycles. The van der Waals surface area contributed by atoms with Crippen molar-refractivity contribution in [3.63, 3.8) is 0 Å². The molecule has 0 unspecified atom stereocenters. The Labute approximate surface area is 126 Å². The zero-order valence-electron chi connectivity index (χ0n) is 12.1. The van der Waals surface area contributed by atoms with Crippen molar-refractivity contribution in [2.45, 2.75) is 26.2 Å². The number of rotatable bonds is 2. The lowest BCUT2D eigenvalue weighted by Crippen LogP contribution is -2.12. The number of carbonyl (C=O) groups is 1. The van der Waals surface area contributed by atoms with Gasteiger partial charge in [0, 0.05) is 26.9 Å². The van der Waals surface area contributed by atoms with Crippen LogP contribution in [0.4, 0.5) is 5.82 Å². The maximum atomic E-state index is 12.4. The lowest BCUT2D eigenvalue weighted by atomic mass is 9.93. The minimum absolute atomic E-state index is 0.134. The molecule has 0 radical (unpaired) electrons. The van der Waals surface area contributed by atoms with Gasteiger partial charge in [0.2, 0.25) is 0 Å². The largest absolute Gasteiger partial charge is 0.359 e. The van der Waals surface area contributed by atoms with Crippen LogP contribution < -0.4 is 5.32 Å². The summed E-state index contributed by atoms with van der Waals surface area (Å²) < 4.78 is 6.37. The predicted molar refractivity (Wildman–Crippen MR) is 85.0 cm³/mol. The molecule has 1 aromatic carbocycles. The number of hydrogen-bond acceptors (Lipinski definition) is 4. The van der Waals surface area contributed by atoms with E-state index in [0.29, 0.717) is 11.4 Å². The highest BCUT2D eigenvalue weighted by Crippen LogP contribution is 2.27. The molecule has 3 aromatic rings. The van der Waals surface area contributed by atoms with E-state index in [1.807, 2.05) is 50.4 Å². The van der Waals surface area contributed by atoms with E-state index in [1.165, 1.54) is 0 Å². The van der Waals surface area contributed by atoms with Gasteiger partial charge in [-0.1, -0.05) is 44.1 Å². The summed E-state index contributed by atoms with van der Waals surface area (Å²) >= 11 is 1.56. The van der Waals surface area contributed by atoms with Crippen LogP contribution in [0.2, 0.25) is 0 Å². The second kappa shape index (κ2) is 5.00. The number of carbonyl (C=O) groups excluding carboxylic acids is 1. The Morgan fingerprint density at radius 2 is 2.05 bits per heavy atom. The summed E-state index contributed by atoms with van der Waals surface area (Å²) in [5.74, 6) is 1.02. The maximum absolute atomic E-state index is 12.4. The predicted octanol–water partition coefficient (Wildman–Crippen LogP) is 4.44. The van der Waals surface area contributed by atoms with Crippen molar-refractivity contribution in [3.05, 3.63) is 47.0 Å². The summed E-state index contributed by atoms with van der Waals surface area (Å²) in [6.07, 6.45) is 0. The van der Waals surface area contributed by atoms with Gasteiger partial charge in [-0.15, -0.1) is 11.3 Å². The van der Waals surface area contributed by atoms with E-state index in [9.17, 15) is 4.79 Å². The fourth-order valence-corrected chi connectivity index (χ4v) is 2.97. The van der Waals surface area contributed by atoms with Crippen LogP contribution in [0.15, 0.2) is 40.2 Å². The van der Waals surface area contributed by atoms with Crippen LogP contribution in [0.5, 0.6) is 0 Å². The van der Waals surface area contributed by atoms with Gasteiger partial charge in [0.1, 0.15) is 5.76 Å². The lowest BCUT2D eigenvalue weighted by molar-refractivity contribution is 0.102. The van der Waals surface area contributed by atoms with Crippen molar-refractivity contribution in [3.8, 4) is 0 Å². The van der Waals surface area contributed by atoms with Gasteiger partial charge in [0.25, 0.3) is 5.91 Å². The third kappa shape index (κ3) is 2.69. The van der Waals surface area contributed by atoms with Gasteiger partial charge in [0.15, 0.2) is 5.82 Å². The smallest absolute Gasteiger partial charge is 0.258 e. The second-order valence-corrected chi connectivity index (χ2v) is 6.84. The molecule has 0 aliphatic carbocycles. The molecule has 0 bridgehead atoms. The molecule has 1 N–H and O–H groups in total. The molecule has 2 heterocycles. The van der Waals surface area contributed by atoms with E-state index in [2.05, 4.69) is 10.5 Å². The molecule has 2 aromatic heterocycles. The first-order chi connectivity index (χ1) is 9.95. The molecule has 0 atom stereocenters. The SMILES string of the molecule is CC(C)(C)c1cc(NC(=O)c2csc3ccccc23)no1. The van der Waals surface area contributed by atoms with Crippen LogP contribution >= 0.6 is 11.3 Å². The van der Waals surface area contributed by atoms with Gasteiger partial charge >= 0.3 is 0 Å². The summed E-state index contributed by atoms with van der Waals surface area (Å²) in [7, 11) is 0. The Kier molecular flexibility index (Phi) is 3.29. The monoisotopic (exact) mass is 300 g/mol. The number of nitrogens with one attached hydrogen (secondary N) is 1. The van der Waals surface area contributed by atoms with Gasteiger partial charge in [-0.2, -0.15) is 0 Å². The van der Waals surface area contributed by atoms with Crippen LogP contribution in [-0.2, 0) is 5.41 Å². The molecular weight excluding hydrogens is 284 g/mol. The highest BCUT2D eigenvalue weighted by molar-refractivity contribution is 7.17. The molecule has 108 valence electrons. The number of hydrogen-bond donors (Lipinski definition) is 1. The van der Waals surface area contributed by atoms with Crippen molar-refractivity contribution >= 4 is 33.1 Å². The van der Waals surface area contributed by atoms with Gasteiger partial charge in [0.05, 0.1) is 5.56 Å². The van der Waals surface area contributed by atoms with E-state index in [4.69, 9.17) is 4.52 Å². The van der Waals surface area contributed by atoms with E-state index in [0.717, 1.165) is 15.8 Å². The standard InChI is InChI=1S/C16H16N2O2S/c1-16(2,3)13-8-14(18-20-13)17-15(19)11-9-21-12-7-5-4-6-10(11)12/h4-9H,1-3H3,(H,17,18,19). The van der Waals surface area contributed by atoms with E-state index < -0.39 is 0 Å². The van der Waals surface area contributed by atoms with Crippen molar-refractivity contribution in [2.75, 3.05) is 5.32 Å². The topological polar surface area (TPSA) is 55.1 Å². The summed E-state index contributed by atoms with van der Waals surface area (Å²) in [5, 5.41) is 9.52. The molecule has 5 heteroatoms. The summed E-state index contributed by atoms with van der Waals surface area (Å²) in [6.45, 7) is 6.10. The van der Waals surface area contributed by atoms with Crippen LogP contribution in [0, 0.1) is 0 Å². The van der Waals surface area contributed by atoms with E-state index >= 15 is 0 Å². The quantitative estimate of drug-likeness (QED) is 0.761. The number of anilines is 1. The number of aromatic nitrogens is 1. The van der Waals surface area contributed by atoms with Gasteiger partial charge in [-0.25, -0.2) is 0 Å². The molecule has 0 aliphatic rings. The first-order valence-electron chi connectivity index (χ1n) is 6.70. The van der Waals surface area contributed by atoms with E-state index in [1.54, 1.807) is 17.4 Å². The molecule has 0 spiro atoms. The molecule has 1 amide bonds. The van der Waals surface area contributed by atoms with Crippen molar-refractivity contribution in [2.24, 2.45) is 0 Å². The Morgan fingerprint density at radius 1 is 1.29 bits per heavy atom. The number of fused-ring (bicyclic) bond motifs is 1. The fourth-order valence-electron chi connectivity index (χ4n) is 2.02. The van der Waals surface area contributed by atoms with Crippen LogP contribution in [-0.4, -0.2) is 11.1 Å². The van der Waals surface area contributed by atoms with Gasteiger partial charge in [-0.05, 0) is 6.07 Å². The van der Waals surface area contributed by atoms with Gasteiger partial charge in [-0.3, -0.25) is 4.79 Å². The van der Waals surface area contributed by atoms with Crippen molar-refractivity contribution < 1.29 is 9.32 Å². The number of amides is 1. The molecule has 0 fully saturated rings. The summed E-state index contributed by atoms with van der Waals surface area (Å²) in [6, 6.07) is 9.62. The lowest BCUT2D eigenvalue weighted by Gasteiger charge is -2.11. The summed E-state index contributed by atoms with van der Waals surface area (Å²) in [4.78, 5) is 12.4. The average molecular weight is 300 g/mol. The molecule has 3 rings (SSSR count). The molecule has 0 aliphatic heterocycles. The Morgan fingerprint density at radius 3 is 2.76 bits per heavy atom. The molecule has 4 nitrogen and oxygen atoms in total. The zero-order chi connectivity index (χ0) is 15.0. The normalized spacial score (nSPS) is 11.8. The number of thiophene rings is 1. The zero-order valence-corrected chi connectivity index (χ0v) is 13.0. The van der Waals surface area contributed by atoms with Crippen LogP contribution in [0.3, 0.4) is 0 Å². The molecular formula is C16H16N2O2S. The maximum Gasteiger partial charge on any atom is 0.258 e. The third-order valence-corrected chi connectivity index (χ3v) is 4.18. The first-order valence-corrected chi connectivity index (χ1v) is 7.58. The highest BCUT2D eigenvalue weighted by Gasteiger charge is 2.21. The van der Waals surface area contributed by atoms with Crippen LogP contribution in [0.25, 0.3) is 10.1 Å². The van der Waals surface area contributed by atoms with Crippen LogP contribution in [0.1, 0.15) is 36.9 Å². The Hall–Kier alpha value is -2.14. The summed E-state index contributed by atoms with van der Waals surface area (Å²) in [5.41, 5.74) is 0.529. The van der Waals surface area contributed by atoms with E-state index in [-0.39, 0.29) is 11.3 Å². The number of nitrogens with zero attached hydrogens (tertiary/aromatic N) is 1. The van der Waals surface area contributed by atoms with Crippen molar-refractivity contribution in [1.82, 2.24) is 5.16 Å².